The van der Waals surface area contributed by atoms with Gasteiger partial charge in [0.2, 0.25) is 0 Å². The molecule has 0 N–H and O–H groups in total. The standard InChI is InChI=1S/C30H30N2O2/c1-22-18-23(2)20-25(19-22)33-17-8-7-16-32-28-14-6-5-13-27(28)31-30(32)21-34-29-15-9-11-24-10-3-4-12-26(24)29/h3-6,9-15,18-20H,7-8,16-17,21H2,1-2H3. The van der Waals surface area contributed by atoms with Crippen molar-refractivity contribution in [2.75, 3.05) is 6.61 Å². The first-order valence-corrected chi connectivity index (χ1v) is 11.9. The van der Waals surface area contributed by atoms with Gasteiger partial charge in [-0.25, -0.2) is 4.98 Å². The lowest BCUT2D eigenvalue weighted by molar-refractivity contribution is 0.287. The number of imidazole rings is 1. The Labute approximate surface area is 200 Å². The van der Waals surface area contributed by atoms with Gasteiger partial charge in [-0.05, 0) is 73.5 Å². The van der Waals surface area contributed by atoms with Crippen LogP contribution >= 0.6 is 0 Å². The first-order valence-electron chi connectivity index (χ1n) is 11.9. The van der Waals surface area contributed by atoms with E-state index in [1.165, 1.54) is 16.5 Å². The molecule has 1 heterocycles. The molecule has 5 rings (SSSR count). The van der Waals surface area contributed by atoms with Gasteiger partial charge in [-0.2, -0.15) is 0 Å². The average Bonchev–Trinajstić information content (AvgIpc) is 3.19. The minimum absolute atomic E-state index is 0.432. The molecule has 4 aromatic carbocycles. The minimum Gasteiger partial charge on any atom is -0.494 e. The number of unbranched alkanes of at least 4 members (excludes halogenated alkanes) is 1. The molecule has 0 aliphatic heterocycles. The zero-order chi connectivity index (χ0) is 23.3. The smallest absolute Gasteiger partial charge is 0.147 e. The summed E-state index contributed by atoms with van der Waals surface area (Å²) < 4.78 is 14.6. The molecular weight excluding hydrogens is 420 g/mol. The van der Waals surface area contributed by atoms with E-state index in [2.05, 4.69) is 79.1 Å². The number of nitrogens with zero attached hydrogens (tertiary/aromatic N) is 2. The molecule has 34 heavy (non-hydrogen) atoms. The van der Waals surface area contributed by atoms with Crippen LogP contribution in [0.2, 0.25) is 0 Å². The summed E-state index contributed by atoms with van der Waals surface area (Å²) in [5.74, 6) is 2.79. The van der Waals surface area contributed by atoms with E-state index in [1.54, 1.807) is 0 Å². The predicted molar refractivity (Wildman–Crippen MR) is 139 cm³/mol. The van der Waals surface area contributed by atoms with Gasteiger partial charge in [-0.1, -0.05) is 54.6 Å². The largest absolute Gasteiger partial charge is 0.494 e. The van der Waals surface area contributed by atoms with Crippen molar-refractivity contribution in [3.05, 3.63) is 102 Å². The fraction of sp³-hybridized carbons (Fsp3) is 0.233. The summed E-state index contributed by atoms with van der Waals surface area (Å²) in [5, 5.41) is 2.30. The van der Waals surface area contributed by atoms with Crippen LogP contribution in [0, 0.1) is 13.8 Å². The number of fused-ring (bicyclic) bond motifs is 2. The van der Waals surface area contributed by atoms with E-state index in [0.717, 1.165) is 53.1 Å². The van der Waals surface area contributed by atoms with E-state index >= 15 is 0 Å². The van der Waals surface area contributed by atoms with Crippen molar-refractivity contribution in [2.24, 2.45) is 0 Å². The third kappa shape index (κ3) is 4.91. The van der Waals surface area contributed by atoms with Crippen LogP contribution in [0.15, 0.2) is 84.9 Å². The van der Waals surface area contributed by atoms with Gasteiger partial charge in [0, 0.05) is 11.9 Å². The maximum atomic E-state index is 6.28. The van der Waals surface area contributed by atoms with E-state index in [1.807, 2.05) is 24.3 Å². The van der Waals surface area contributed by atoms with Crippen molar-refractivity contribution in [3.63, 3.8) is 0 Å². The second-order valence-electron chi connectivity index (χ2n) is 8.81. The fourth-order valence-electron chi connectivity index (χ4n) is 4.53. The Hall–Kier alpha value is -3.79. The van der Waals surface area contributed by atoms with Gasteiger partial charge >= 0.3 is 0 Å². The topological polar surface area (TPSA) is 36.3 Å². The molecule has 0 aliphatic rings. The van der Waals surface area contributed by atoms with Crippen LogP contribution in [0.5, 0.6) is 11.5 Å². The Bertz CT molecular complexity index is 1390. The molecule has 0 atom stereocenters. The Morgan fingerprint density at radius 2 is 1.53 bits per heavy atom. The van der Waals surface area contributed by atoms with E-state index in [4.69, 9.17) is 14.5 Å². The molecule has 0 fully saturated rings. The van der Waals surface area contributed by atoms with Crippen molar-refractivity contribution < 1.29 is 9.47 Å². The Morgan fingerprint density at radius 3 is 2.41 bits per heavy atom. The Kier molecular flexibility index (Phi) is 6.48. The quantitative estimate of drug-likeness (QED) is 0.222. The molecule has 4 heteroatoms. The third-order valence-corrected chi connectivity index (χ3v) is 6.08. The molecule has 0 aliphatic carbocycles. The van der Waals surface area contributed by atoms with Crippen molar-refractivity contribution >= 4 is 21.8 Å². The highest BCUT2D eigenvalue weighted by Crippen LogP contribution is 2.26. The lowest BCUT2D eigenvalue weighted by Crippen LogP contribution is -2.09. The maximum absolute atomic E-state index is 6.28. The summed E-state index contributed by atoms with van der Waals surface area (Å²) in [6, 6.07) is 29.1. The van der Waals surface area contributed by atoms with Crippen LogP contribution in [-0.2, 0) is 13.2 Å². The second-order valence-corrected chi connectivity index (χ2v) is 8.81. The van der Waals surface area contributed by atoms with Crippen LogP contribution in [0.1, 0.15) is 29.8 Å². The van der Waals surface area contributed by atoms with Crippen molar-refractivity contribution in [2.45, 2.75) is 39.8 Å². The molecule has 0 spiro atoms. The summed E-state index contributed by atoms with van der Waals surface area (Å²) in [7, 11) is 0. The van der Waals surface area contributed by atoms with Crippen molar-refractivity contribution in [1.29, 1.82) is 0 Å². The number of benzene rings is 4. The van der Waals surface area contributed by atoms with Crippen LogP contribution in [0.3, 0.4) is 0 Å². The lowest BCUT2D eigenvalue weighted by Gasteiger charge is -2.12. The first kappa shape index (κ1) is 22.0. The van der Waals surface area contributed by atoms with Gasteiger partial charge in [-0.15, -0.1) is 0 Å². The summed E-state index contributed by atoms with van der Waals surface area (Å²) in [6.07, 6.45) is 1.98. The van der Waals surface area contributed by atoms with Crippen LogP contribution in [0.25, 0.3) is 21.8 Å². The number of aryl methyl sites for hydroxylation is 3. The number of rotatable bonds is 9. The molecule has 0 bridgehead atoms. The molecule has 0 saturated carbocycles. The number of ether oxygens (including phenoxy) is 2. The second kappa shape index (κ2) is 10.0. The third-order valence-electron chi connectivity index (χ3n) is 6.08. The predicted octanol–water partition coefficient (Wildman–Crippen LogP) is 7.24. The van der Waals surface area contributed by atoms with Gasteiger partial charge in [0.15, 0.2) is 0 Å². The first-order chi connectivity index (χ1) is 16.7. The maximum Gasteiger partial charge on any atom is 0.147 e. The van der Waals surface area contributed by atoms with E-state index in [0.29, 0.717) is 13.2 Å². The molecule has 5 aromatic rings. The molecule has 0 amide bonds. The molecule has 0 saturated heterocycles. The van der Waals surface area contributed by atoms with Crippen LogP contribution in [-0.4, -0.2) is 16.2 Å². The lowest BCUT2D eigenvalue weighted by atomic mass is 10.1. The van der Waals surface area contributed by atoms with E-state index in [-0.39, 0.29) is 0 Å². The molecule has 0 unspecified atom stereocenters. The van der Waals surface area contributed by atoms with Gasteiger partial charge < -0.3 is 14.0 Å². The molecule has 172 valence electrons. The fourth-order valence-corrected chi connectivity index (χ4v) is 4.53. The zero-order valence-corrected chi connectivity index (χ0v) is 19.8. The highest BCUT2D eigenvalue weighted by molar-refractivity contribution is 5.88. The SMILES string of the molecule is Cc1cc(C)cc(OCCCCn2c(COc3cccc4ccccc34)nc3ccccc32)c1. The van der Waals surface area contributed by atoms with Gasteiger partial charge in [0.25, 0.3) is 0 Å². The minimum atomic E-state index is 0.432. The van der Waals surface area contributed by atoms with Crippen LogP contribution in [0.4, 0.5) is 0 Å². The number of hydrogen-bond acceptors (Lipinski definition) is 3. The van der Waals surface area contributed by atoms with Crippen molar-refractivity contribution in [3.8, 4) is 11.5 Å². The number of para-hydroxylation sites is 2. The van der Waals surface area contributed by atoms with Crippen LogP contribution < -0.4 is 9.47 Å². The van der Waals surface area contributed by atoms with E-state index in [9.17, 15) is 0 Å². The number of aromatic nitrogens is 2. The summed E-state index contributed by atoms with van der Waals surface area (Å²) in [4.78, 5) is 4.88. The number of hydrogen-bond donors (Lipinski definition) is 0. The summed E-state index contributed by atoms with van der Waals surface area (Å²) in [6.45, 7) is 6.22. The Morgan fingerprint density at radius 1 is 0.765 bits per heavy atom. The molecule has 1 aromatic heterocycles. The van der Waals surface area contributed by atoms with Gasteiger partial charge in [0.1, 0.15) is 23.9 Å². The Balaban J connectivity index is 1.26. The molecule has 4 nitrogen and oxygen atoms in total. The van der Waals surface area contributed by atoms with Gasteiger partial charge in [0.05, 0.1) is 17.6 Å². The van der Waals surface area contributed by atoms with Crippen molar-refractivity contribution in [1.82, 2.24) is 9.55 Å². The van der Waals surface area contributed by atoms with E-state index < -0.39 is 0 Å². The summed E-state index contributed by atoms with van der Waals surface area (Å²) in [5.41, 5.74) is 4.62. The normalized spacial score (nSPS) is 11.2. The highest BCUT2D eigenvalue weighted by atomic mass is 16.5. The average molecular weight is 451 g/mol. The molecule has 0 radical (unpaired) electrons. The summed E-state index contributed by atoms with van der Waals surface area (Å²) >= 11 is 0. The van der Waals surface area contributed by atoms with Gasteiger partial charge in [-0.3, -0.25) is 0 Å². The monoisotopic (exact) mass is 450 g/mol. The highest BCUT2D eigenvalue weighted by Gasteiger charge is 2.12. The zero-order valence-electron chi connectivity index (χ0n) is 19.8. The molecular formula is C30H30N2O2.